The van der Waals surface area contributed by atoms with E-state index >= 15 is 0 Å². The first-order chi connectivity index (χ1) is 8.43. The van der Waals surface area contributed by atoms with Crippen molar-refractivity contribution in [2.75, 3.05) is 0 Å². The monoisotopic (exact) mass is 248 g/mol. The highest BCUT2D eigenvalue weighted by atomic mass is 16.5. The third-order valence-electron chi connectivity index (χ3n) is 4.75. The maximum atomic E-state index is 11.9. The molecular formula is C14H20N2O2. The van der Waals surface area contributed by atoms with Gasteiger partial charge >= 0.3 is 0 Å². The Bertz CT molecular complexity index is 492. The minimum Gasteiger partial charge on any atom is -0.361 e. The third kappa shape index (κ3) is 1.51. The molecule has 2 atom stereocenters. The molecule has 1 aromatic rings. The Hall–Kier alpha value is -1.32. The number of carbonyl (C=O) groups excluding carboxylic acids is 1. The smallest absolute Gasteiger partial charge is 0.220 e. The van der Waals surface area contributed by atoms with Gasteiger partial charge in [0.1, 0.15) is 5.76 Å². The first-order valence-corrected chi connectivity index (χ1v) is 6.68. The lowest BCUT2D eigenvalue weighted by Gasteiger charge is -2.48. The summed E-state index contributed by atoms with van der Waals surface area (Å²) in [7, 11) is 0. The highest BCUT2D eigenvalue weighted by molar-refractivity contribution is 5.77. The summed E-state index contributed by atoms with van der Waals surface area (Å²) in [5.41, 5.74) is 0.896. The van der Waals surface area contributed by atoms with Crippen LogP contribution in [-0.2, 0) is 16.6 Å². The molecule has 1 aromatic heterocycles. The van der Waals surface area contributed by atoms with Gasteiger partial charge in [0.15, 0.2) is 0 Å². The predicted molar refractivity (Wildman–Crippen MR) is 67.1 cm³/mol. The highest BCUT2D eigenvalue weighted by Gasteiger charge is 2.52. The molecular weight excluding hydrogens is 228 g/mol. The molecule has 1 aliphatic carbocycles. The lowest BCUT2D eigenvalue weighted by molar-refractivity contribution is -0.123. The fourth-order valence-corrected chi connectivity index (χ4v) is 4.05. The number of carbonyl (C=O) groups is 1. The standard InChI is InChI=1S/C14H20N2O2/c1-13(2)10-5-4-6-11(17)16-14(10,3)7-9-8-15-18-12(9)13/h8,10H,4-7H2,1-3H3,(H,16,17)/t10-,14-/m0/s1. The molecule has 0 saturated carbocycles. The number of nitrogens with zero attached hydrogens (tertiary/aromatic N) is 1. The van der Waals surface area contributed by atoms with Crippen molar-refractivity contribution in [2.45, 2.75) is 57.4 Å². The second-order valence-corrected chi connectivity index (χ2v) is 6.49. The Morgan fingerprint density at radius 1 is 1.44 bits per heavy atom. The van der Waals surface area contributed by atoms with Crippen molar-refractivity contribution < 1.29 is 9.32 Å². The van der Waals surface area contributed by atoms with E-state index < -0.39 is 0 Å². The zero-order valence-electron chi connectivity index (χ0n) is 11.2. The fraction of sp³-hybridized carbons (Fsp3) is 0.714. The molecule has 4 heteroatoms. The van der Waals surface area contributed by atoms with Gasteiger partial charge in [0.05, 0.1) is 6.20 Å². The van der Waals surface area contributed by atoms with Gasteiger partial charge in [-0.1, -0.05) is 19.0 Å². The van der Waals surface area contributed by atoms with Gasteiger partial charge in [0.2, 0.25) is 5.91 Å². The number of aromatic nitrogens is 1. The van der Waals surface area contributed by atoms with Crippen molar-refractivity contribution in [3.8, 4) is 0 Å². The topological polar surface area (TPSA) is 55.1 Å². The quantitative estimate of drug-likeness (QED) is 0.765. The van der Waals surface area contributed by atoms with Gasteiger partial charge in [0.25, 0.3) is 0 Å². The van der Waals surface area contributed by atoms with Gasteiger partial charge in [-0.05, 0) is 25.7 Å². The summed E-state index contributed by atoms with van der Waals surface area (Å²) in [6, 6.07) is 0. The second kappa shape index (κ2) is 3.59. The van der Waals surface area contributed by atoms with Crippen LogP contribution in [0.15, 0.2) is 10.7 Å². The van der Waals surface area contributed by atoms with E-state index in [4.69, 9.17) is 4.52 Å². The van der Waals surface area contributed by atoms with Gasteiger partial charge in [-0.15, -0.1) is 0 Å². The van der Waals surface area contributed by atoms with Gasteiger partial charge in [-0.2, -0.15) is 0 Å². The number of hydrogen-bond donors (Lipinski definition) is 1. The molecule has 0 unspecified atom stereocenters. The maximum Gasteiger partial charge on any atom is 0.220 e. The predicted octanol–water partition coefficient (Wildman–Crippen LogP) is 2.18. The fourth-order valence-electron chi connectivity index (χ4n) is 4.05. The minimum atomic E-state index is -0.171. The van der Waals surface area contributed by atoms with Crippen LogP contribution in [0.5, 0.6) is 0 Å². The molecule has 0 spiro atoms. The molecule has 1 fully saturated rings. The number of hydrogen-bond acceptors (Lipinski definition) is 3. The van der Waals surface area contributed by atoms with E-state index in [1.54, 1.807) is 6.20 Å². The Kier molecular flexibility index (Phi) is 2.34. The molecule has 18 heavy (non-hydrogen) atoms. The third-order valence-corrected chi connectivity index (χ3v) is 4.75. The van der Waals surface area contributed by atoms with Crippen LogP contribution < -0.4 is 5.32 Å². The van der Waals surface area contributed by atoms with E-state index in [1.807, 2.05) is 0 Å². The SMILES string of the molecule is CC1(C)c2oncc2C[C@]2(C)NC(=O)CCC[C@@H]12. The summed E-state index contributed by atoms with van der Waals surface area (Å²) in [5.74, 6) is 1.58. The van der Waals surface area contributed by atoms with Crippen LogP contribution in [0, 0.1) is 5.92 Å². The van der Waals surface area contributed by atoms with E-state index in [-0.39, 0.29) is 16.9 Å². The molecule has 1 amide bonds. The van der Waals surface area contributed by atoms with Crippen molar-refractivity contribution in [1.29, 1.82) is 0 Å². The lowest BCUT2D eigenvalue weighted by atomic mass is 9.59. The van der Waals surface area contributed by atoms with E-state index in [0.717, 1.165) is 30.6 Å². The Balaban J connectivity index is 2.10. The average molecular weight is 248 g/mol. The average Bonchev–Trinajstić information content (AvgIpc) is 2.64. The van der Waals surface area contributed by atoms with Crippen LogP contribution in [0.2, 0.25) is 0 Å². The first kappa shape index (κ1) is 11.8. The van der Waals surface area contributed by atoms with Crippen molar-refractivity contribution >= 4 is 5.91 Å². The zero-order chi connectivity index (χ0) is 13.0. The Labute approximate surface area is 107 Å². The summed E-state index contributed by atoms with van der Waals surface area (Å²) in [6.07, 6.45) is 5.28. The minimum absolute atomic E-state index is 0.0730. The number of amides is 1. The summed E-state index contributed by atoms with van der Waals surface area (Å²) in [4.78, 5) is 11.9. The van der Waals surface area contributed by atoms with Crippen LogP contribution >= 0.6 is 0 Å². The molecule has 0 radical (unpaired) electrons. The van der Waals surface area contributed by atoms with Gasteiger partial charge in [0, 0.05) is 29.4 Å². The molecule has 1 saturated heterocycles. The summed E-state index contributed by atoms with van der Waals surface area (Å²) in [5, 5.41) is 7.18. The Morgan fingerprint density at radius 2 is 2.22 bits per heavy atom. The largest absolute Gasteiger partial charge is 0.361 e. The van der Waals surface area contributed by atoms with E-state index in [2.05, 4.69) is 31.2 Å². The van der Waals surface area contributed by atoms with E-state index in [1.165, 1.54) is 0 Å². The first-order valence-electron chi connectivity index (χ1n) is 6.68. The molecule has 0 bridgehead atoms. The molecule has 3 rings (SSSR count). The molecule has 98 valence electrons. The molecule has 1 aliphatic heterocycles. The van der Waals surface area contributed by atoms with Crippen LogP contribution in [-0.4, -0.2) is 16.6 Å². The summed E-state index contributed by atoms with van der Waals surface area (Å²) >= 11 is 0. The van der Waals surface area contributed by atoms with Gasteiger partial charge < -0.3 is 9.84 Å². The number of rotatable bonds is 0. The normalized spacial score (nSPS) is 34.2. The molecule has 2 heterocycles. The summed E-state index contributed by atoms with van der Waals surface area (Å²) in [6.45, 7) is 6.58. The lowest BCUT2D eigenvalue weighted by Crippen LogP contribution is -2.59. The van der Waals surface area contributed by atoms with E-state index in [0.29, 0.717) is 12.3 Å². The van der Waals surface area contributed by atoms with Crippen LogP contribution in [0.25, 0.3) is 0 Å². The molecule has 1 N–H and O–H groups in total. The molecule has 4 nitrogen and oxygen atoms in total. The van der Waals surface area contributed by atoms with Crippen LogP contribution in [0.4, 0.5) is 0 Å². The van der Waals surface area contributed by atoms with Crippen molar-refractivity contribution in [2.24, 2.45) is 5.92 Å². The van der Waals surface area contributed by atoms with Gasteiger partial charge in [-0.3, -0.25) is 4.79 Å². The maximum absolute atomic E-state index is 11.9. The van der Waals surface area contributed by atoms with Crippen LogP contribution in [0.1, 0.15) is 51.4 Å². The number of nitrogens with one attached hydrogen (secondary N) is 1. The van der Waals surface area contributed by atoms with Crippen LogP contribution in [0.3, 0.4) is 0 Å². The van der Waals surface area contributed by atoms with Crippen molar-refractivity contribution in [3.63, 3.8) is 0 Å². The molecule has 2 aliphatic rings. The zero-order valence-corrected chi connectivity index (χ0v) is 11.2. The van der Waals surface area contributed by atoms with Crippen molar-refractivity contribution in [1.82, 2.24) is 10.5 Å². The molecule has 0 aromatic carbocycles. The van der Waals surface area contributed by atoms with Crippen molar-refractivity contribution in [3.05, 3.63) is 17.5 Å². The summed E-state index contributed by atoms with van der Waals surface area (Å²) < 4.78 is 5.47. The highest BCUT2D eigenvalue weighted by Crippen LogP contribution is 2.49. The van der Waals surface area contributed by atoms with Gasteiger partial charge in [-0.25, -0.2) is 0 Å². The Morgan fingerprint density at radius 3 is 3.00 bits per heavy atom. The second-order valence-electron chi connectivity index (χ2n) is 6.49. The number of fused-ring (bicyclic) bond motifs is 2. The van der Waals surface area contributed by atoms with E-state index in [9.17, 15) is 4.79 Å².